The Balaban J connectivity index is 1.49. The summed E-state index contributed by atoms with van der Waals surface area (Å²) in [7, 11) is 0. The lowest BCUT2D eigenvalue weighted by molar-refractivity contribution is 0.190. The largest absolute Gasteiger partial charge is 0.383 e. The zero-order valence-corrected chi connectivity index (χ0v) is 23.7. The molecule has 2 aromatic carbocycles. The topological polar surface area (TPSA) is 125 Å². The Kier molecular flexibility index (Phi) is 6.40. The molecule has 6 rings (SSSR count). The van der Waals surface area contributed by atoms with Gasteiger partial charge in [0.05, 0.1) is 39.6 Å². The third-order valence-electron chi connectivity index (χ3n) is 7.80. The smallest absolute Gasteiger partial charge is 0.103 e. The number of hydrogen-bond acceptors (Lipinski definition) is 9. The molecule has 3 heterocycles. The Morgan fingerprint density at radius 2 is 1.88 bits per heavy atom. The molecule has 4 N–H and O–H groups in total. The molecule has 1 saturated carbocycles. The second-order valence-corrected chi connectivity index (χ2v) is 12.3. The monoisotopic (exact) mass is 543 g/mol. The molecule has 0 saturated heterocycles. The minimum absolute atomic E-state index is 0.0117. The number of aromatic nitrogens is 2. The fourth-order valence-electron chi connectivity index (χ4n) is 5.18. The Labute approximate surface area is 239 Å². The maximum atomic E-state index is 10.1. The van der Waals surface area contributed by atoms with Gasteiger partial charge in [-0.25, -0.2) is 0 Å². The van der Waals surface area contributed by atoms with Gasteiger partial charge in [-0.2, -0.15) is 10.5 Å². The van der Waals surface area contributed by atoms with Crippen LogP contribution in [0.5, 0.6) is 0 Å². The number of anilines is 2. The fourth-order valence-corrected chi connectivity index (χ4v) is 5.18. The van der Waals surface area contributed by atoms with Gasteiger partial charge in [0.1, 0.15) is 12.1 Å². The quantitative estimate of drug-likeness (QED) is 0.227. The average Bonchev–Trinajstić information content (AvgIpc) is 3.52. The van der Waals surface area contributed by atoms with Crippen molar-refractivity contribution in [1.29, 1.82) is 10.5 Å². The number of fused-ring (bicyclic) bond motifs is 2. The van der Waals surface area contributed by atoms with Crippen molar-refractivity contribution in [3.8, 4) is 12.1 Å². The second kappa shape index (κ2) is 9.96. The normalized spacial score (nSPS) is 16.4. The minimum Gasteiger partial charge on any atom is -0.383 e. The van der Waals surface area contributed by atoms with Gasteiger partial charge >= 0.3 is 0 Å². The number of hydrazine groups is 2. The first-order chi connectivity index (χ1) is 19.7. The number of nitrogens with zero attached hydrogens (tertiary/aromatic N) is 5. The lowest BCUT2D eigenvalue weighted by Gasteiger charge is -2.24. The van der Waals surface area contributed by atoms with Gasteiger partial charge in [-0.1, -0.05) is 39.0 Å². The van der Waals surface area contributed by atoms with E-state index in [1.165, 1.54) is 0 Å². The Bertz CT molecular complexity index is 1760. The molecule has 0 amide bonds. The summed E-state index contributed by atoms with van der Waals surface area (Å²) in [6.07, 6.45) is 9.59. The molecule has 1 aliphatic heterocycles. The van der Waals surface area contributed by atoms with Gasteiger partial charge in [-0.3, -0.25) is 15.0 Å². The first-order valence-electron chi connectivity index (χ1n) is 13.8. The summed E-state index contributed by atoms with van der Waals surface area (Å²) in [4.78, 5) is 8.83. The third kappa shape index (κ3) is 5.08. The van der Waals surface area contributed by atoms with Crippen molar-refractivity contribution in [1.82, 2.24) is 25.9 Å². The fraction of sp³-hybridized carbons (Fsp3) is 0.312. The molecule has 2 aliphatic rings. The molecule has 0 unspecified atom stereocenters. The molecule has 4 aromatic rings. The first kappa shape index (κ1) is 26.4. The lowest BCUT2D eigenvalue weighted by Crippen LogP contribution is -2.43. The van der Waals surface area contributed by atoms with Crippen molar-refractivity contribution >= 4 is 33.1 Å². The molecule has 0 bridgehead atoms. The van der Waals surface area contributed by atoms with Gasteiger partial charge in [0.2, 0.25) is 0 Å². The maximum absolute atomic E-state index is 10.1. The molecule has 9 nitrogen and oxygen atoms in total. The number of rotatable bonds is 7. The van der Waals surface area contributed by atoms with Crippen LogP contribution in [-0.4, -0.2) is 27.1 Å². The van der Waals surface area contributed by atoms with E-state index in [0.29, 0.717) is 28.9 Å². The summed E-state index contributed by atoms with van der Waals surface area (Å²) in [5, 5.41) is 32.2. The van der Waals surface area contributed by atoms with Crippen LogP contribution in [0.4, 0.5) is 11.4 Å². The zero-order valence-electron chi connectivity index (χ0n) is 23.7. The summed E-state index contributed by atoms with van der Waals surface area (Å²) in [6.45, 7) is 9.30. The number of benzene rings is 2. The summed E-state index contributed by atoms with van der Waals surface area (Å²) in [6, 6.07) is 16.4. The van der Waals surface area contributed by atoms with Crippen molar-refractivity contribution in [2.24, 2.45) is 5.41 Å². The van der Waals surface area contributed by atoms with Crippen molar-refractivity contribution in [2.45, 2.75) is 52.1 Å². The van der Waals surface area contributed by atoms with Crippen LogP contribution in [0.2, 0.25) is 0 Å². The third-order valence-corrected chi connectivity index (χ3v) is 7.80. The second-order valence-electron chi connectivity index (χ2n) is 12.3. The van der Waals surface area contributed by atoms with Crippen LogP contribution in [0.15, 0.2) is 66.9 Å². The summed E-state index contributed by atoms with van der Waals surface area (Å²) in [5.41, 5.74) is 11.7. The molecular formula is C32H33N9. The highest BCUT2D eigenvalue weighted by Gasteiger charge is 2.44. The van der Waals surface area contributed by atoms with E-state index in [4.69, 9.17) is 0 Å². The molecule has 0 radical (unpaired) electrons. The highest BCUT2D eigenvalue weighted by Crippen LogP contribution is 2.42. The molecule has 9 heteroatoms. The standard InChI is InChI=1S/C32H33N9/c1-31(2,3)19-37-29-22(15-34)17-36-28-21(14-33)12-23(13-26(28)29)38-30(27-18-41(40-39-27)32(4)9-10-32)25-7-5-6-20-16-35-11-8-24(20)25/h5-8,11-13,16-18,30,38-40H,9-10,19H2,1-4H3,(H,36,37)/t30-/m0/s1. The van der Waals surface area contributed by atoms with E-state index in [0.717, 1.165) is 45.9 Å². The molecule has 1 atom stereocenters. The molecular weight excluding hydrogens is 510 g/mol. The van der Waals surface area contributed by atoms with E-state index in [2.05, 4.69) is 94.7 Å². The molecule has 1 fully saturated rings. The highest BCUT2D eigenvalue weighted by atomic mass is 15.7. The van der Waals surface area contributed by atoms with Crippen LogP contribution < -0.4 is 21.6 Å². The van der Waals surface area contributed by atoms with Gasteiger partial charge in [0.15, 0.2) is 0 Å². The van der Waals surface area contributed by atoms with Crippen molar-refractivity contribution in [3.63, 3.8) is 0 Å². The van der Waals surface area contributed by atoms with Crippen LogP contribution in [0, 0.1) is 28.1 Å². The maximum Gasteiger partial charge on any atom is 0.103 e. The molecule has 2 aromatic heterocycles. The highest BCUT2D eigenvalue weighted by molar-refractivity contribution is 5.99. The van der Waals surface area contributed by atoms with Gasteiger partial charge < -0.3 is 16.1 Å². The minimum atomic E-state index is -0.275. The van der Waals surface area contributed by atoms with E-state index >= 15 is 0 Å². The number of hydrogen-bond donors (Lipinski definition) is 4. The summed E-state index contributed by atoms with van der Waals surface area (Å²) >= 11 is 0. The number of nitriles is 2. The van der Waals surface area contributed by atoms with E-state index in [1.54, 1.807) is 12.4 Å². The van der Waals surface area contributed by atoms with Crippen LogP contribution >= 0.6 is 0 Å². The van der Waals surface area contributed by atoms with Crippen LogP contribution in [0.3, 0.4) is 0 Å². The van der Waals surface area contributed by atoms with Crippen LogP contribution in [-0.2, 0) is 0 Å². The van der Waals surface area contributed by atoms with Crippen molar-refractivity contribution in [2.75, 3.05) is 17.2 Å². The van der Waals surface area contributed by atoms with E-state index in [-0.39, 0.29) is 17.0 Å². The predicted molar refractivity (Wildman–Crippen MR) is 161 cm³/mol. The van der Waals surface area contributed by atoms with Crippen LogP contribution in [0.25, 0.3) is 21.7 Å². The van der Waals surface area contributed by atoms with Crippen molar-refractivity contribution in [3.05, 3.63) is 83.6 Å². The average molecular weight is 544 g/mol. The molecule has 206 valence electrons. The van der Waals surface area contributed by atoms with E-state index in [9.17, 15) is 10.5 Å². The zero-order chi connectivity index (χ0) is 28.8. The molecule has 1 aliphatic carbocycles. The van der Waals surface area contributed by atoms with Gasteiger partial charge in [-0.15, -0.1) is 5.53 Å². The van der Waals surface area contributed by atoms with Crippen LogP contribution in [0.1, 0.15) is 63.3 Å². The van der Waals surface area contributed by atoms with Gasteiger partial charge in [0.25, 0.3) is 0 Å². The van der Waals surface area contributed by atoms with Gasteiger partial charge in [-0.05, 0) is 54.3 Å². The van der Waals surface area contributed by atoms with Gasteiger partial charge in [0, 0.05) is 47.8 Å². The Morgan fingerprint density at radius 1 is 1.07 bits per heavy atom. The molecule has 0 spiro atoms. The number of pyridine rings is 2. The van der Waals surface area contributed by atoms with Crippen molar-refractivity contribution < 1.29 is 0 Å². The number of nitrogens with one attached hydrogen (secondary N) is 4. The van der Waals surface area contributed by atoms with E-state index in [1.807, 2.05) is 30.5 Å². The Morgan fingerprint density at radius 3 is 2.61 bits per heavy atom. The summed E-state index contributed by atoms with van der Waals surface area (Å²) < 4.78 is 0. The first-order valence-corrected chi connectivity index (χ1v) is 13.8. The van der Waals surface area contributed by atoms with E-state index < -0.39 is 0 Å². The Hall–Kier alpha value is -4.86. The lowest BCUT2D eigenvalue weighted by atomic mass is 9.96. The SMILES string of the molecule is CC(C)(C)CNc1c(C#N)cnc2c(C#N)cc(N[C@H](C3=CN(C4(C)CC4)NN3)c3cccc4cnccc34)cc12. The predicted octanol–water partition coefficient (Wildman–Crippen LogP) is 5.86. The summed E-state index contributed by atoms with van der Waals surface area (Å²) in [5.74, 6) is 0. The molecule has 41 heavy (non-hydrogen) atoms.